The van der Waals surface area contributed by atoms with Gasteiger partial charge in [0.2, 0.25) is 0 Å². The molecule has 0 aliphatic carbocycles. The van der Waals surface area contributed by atoms with E-state index in [9.17, 15) is 0 Å². The summed E-state index contributed by atoms with van der Waals surface area (Å²) in [5.74, 6) is 0. The number of hydrogen-bond acceptors (Lipinski definition) is 3. The van der Waals surface area contributed by atoms with Crippen LogP contribution in [-0.2, 0) is 4.57 Å². The highest BCUT2D eigenvalue weighted by Crippen LogP contribution is 2.07. The first kappa shape index (κ1) is 17.4. The van der Waals surface area contributed by atoms with Crippen molar-refractivity contribution in [1.82, 2.24) is 0 Å². The maximum atomic E-state index is 7.53. The van der Waals surface area contributed by atoms with E-state index in [1.807, 2.05) is 0 Å². The fourth-order valence-electron chi connectivity index (χ4n) is 1.23. The zero-order valence-electron chi connectivity index (χ0n) is 10.1. The van der Waals surface area contributed by atoms with E-state index in [0.29, 0.717) is 15.4 Å². The Labute approximate surface area is 95.8 Å². The molecule has 0 atom stereocenters. The Hall–Kier alpha value is 0.00987. The molecule has 0 aliphatic rings. The van der Waals surface area contributed by atoms with Crippen molar-refractivity contribution in [3.8, 4) is 0 Å². The van der Waals surface area contributed by atoms with Crippen molar-refractivity contribution in [3.05, 3.63) is 0 Å². The molecule has 0 aromatic heterocycles. The van der Waals surface area contributed by atoms with Crippen molar-refractivity contribution in [2.24, 2.45) is 0 Å². The van der Waals surface area contributed by atoms with Gasteiger partial charge < -0.3 is 14.6 Å². The lowest BCUT2D eigenvalue weighted by atomic mass is 10.1. The first-order valence-corrected chi connectivity index (χ1v) is 5.90. The molecular weight excluding hydrogens is 190 g/mol. The summed E-state index contributed by atoms with van der Waals surface area (Å²) in [6, 6.07) is 0. The first-order chi connectivity index (χ1) is 7.33. The first-order valence-electron chi connectivity index (χ1n) is 5.90. The van der Waals surface area contributed by atoms with Gasteiger partial charge in [0.1, 0.15) is 0 Å². The fraction of sp³-hybridized carbons (Fsp3) is 1.00. The third-order valence-electron chi connectivity index (χ3n) is 2.08. The molecule has 0 spiro atoms. The molecule has 0 fully saturated rings. The summed E-state index contributed by atoms with van der Waals surface area (Å²) in [4.78, 5) is 0. The minimum absolute atomic E-state index is 0.375. The van der Waals surface area contributed by atoms with Gasteiger partial charge in [-0.2, -0.15) is 0 Å². The molecule has 0 bridgehead atoms. The Morgan fingerprint density at radius 3 is 1.27 bits per heavy atom. The van der Waals surface area contributed by atoms with Crippen molar-refractivity contribution >= 4 is 15.4 Å². The van der Waals surface area contributed by atoms with E-state index in [-0.39, 0.29) is 0 Å². The van der Waals surface area contributed by atoms with Crippen LogP contribution in [0, 0.1) is 0 Å². The summed E-state index contributed by atoms with van der Waals surface area (Å²) in [5.41, 5.74) is 0. The average Bonchev–Trinajstić information content (AvgIpc) is 2.25. The molecule has 0 aromatic rings. The van der Waals surface area contributed by atoms with Crippen molar-refractivity contribution in [2.45, 2.75) is 65.2 Å². The minimum atomic E-state index is 0.375. The Balaban J connectivity index is 0. The highest BCUT2D eigenvalue weighted by atomic mass is 16.5. The van der Waals surface area contributed by atoms with Gasteiger partial charge in [-0.25, -0.2) is 0 Å². The Morgan fingerprint density at radius 1 is 0.733 bits per heavy atom. The summed E-state index contributed by atoms with van der Waals surface area (Å²) in [6.45, 7) is 4.54. The van der Waals surface area contributed by atoms with Gasteiger partial charge >= 0.3 is 15.4 Å². The van der Waals surface area contributed by atoms with Crippen LogP contribution in [0.3, 0.4) is 0 Å². The molecule has 0 unspecified atom stereocenters. The molecule has 0 heterocycles. The van der Waals surface area contributed by atoms with E-state index in [1.54, 1.807) is 0 Å². The van der Waals surface area contributed by atoms with E-state index in [0.717, 1.165) is 0 Å². The highest BCUT2D eigenvalue weighted by Gasteiger charge is 1.87. The molecule has 0 amide bonds. The predicted molar refractivity (Wildman–Crippen MR) is 65.3 cm³/mol. The summed E-state index contributed by atoms with van der Waals surface area (Å²) in [6.07, 6.45) is 11.5. The lowest BCUT2D eigenvalue weighted by Gasteiger charge is -1.97. The molecule has 88 valence electrons. The van der Waals surface area contributed by atoms with Crippen LogP contribution >= 0.6 is 0 Å². The zero-order chi connectivity index (χ0) is 11.8. The van der Waals surface area contributed by atoms with Crippen LogP contribution in [0.5, 0.6) is 0 Å². The van der Waals surface area contributed by atoms with Gasteiger partial charge in [-0.15, -0.1) is 0 Å². The summed E-state index contributed by atoms with van der Waals surface area (Å²) >= 11 is 0. The van der Waals surface area contributed by atoms with Gasteiger partial charge in [0.15, 0.2) is 0 Å². The largest absolute Gasteiger partial charge is 0.469 e. The third-order valence-corrected chi connectivity index (χ3v) is 2.08. The monoisotopic (exact) mass is 214 g/mol. The molecule has 2 radical (unpaired) electrons. The van der Waals surface area contributed by atoms with E-state index in [2.05, 4.69) is 18.4 Å². The van der Waals surface area contributed by atoms with Crippen molar-refractivity contribution in [1.29, 1.82) is 0 Å². The molecule has 2 N–H and O–H groups in total. The highest BCUT2D eigenvalue weighted by molar-refractivity contribution is 6.32. The van der Waals surface area contributed by atoms with Crippen LogP contribution in [0.4, 0.5) is 0 Å². The third kappa shape index (κ3) is 24.9. The van der Waals surface area contributed by atoms with E-state index in [4.69, 9.17) is 10.0 Å². The van der Waals surface area contributed by atoms with Crippen LogP contribution in [0.15, 0.2) is 0 Å². The van der Waals surface area contributed by atoms with Gasteiger partial charge in [-0.3, -0.25) is 0 Å². The molecule has 0 rings (SSSR count). The van der Waals surface area contributed by atoms with Gasteiger partial charge in [-0.1, -0.05) is 65.2 Å². The van der Waals surface area contributed by atoms with Crippen molar-refractivity contribution in [2.75, 3.05) is 0 Å². The molecule has 0 saturated heterocycles. The van der Waals surface area contributed by atoms with Crippen LogP contribution in [-0.4, -0.2) is 25.4 Å². The second-order valence-electron chi connectivity index (χ2n) is 3.47. The number of unbranched alkanes of at least 4 members (excludes halogenated alkanes) is 7. The molecule has 5 heteroatoms. The van der Waals surface area contributed by atoms with Crippen LogP contribution in [0.25, 0.3) is 0 Å². The second-order valence-corrected chi connectivity index (χ2v) is 3.47. The topological polar surface area (TPSA) is 49.7 Å². The normalized spacial score (nSPS) is 9.07. The van der Waals surface area contributed by atoms with Gasteiger partial charge in [0.25, 0.3) is 0 Å². The molecule has 15 heavy (non-hydrogen) atoms. The van der Waals surface area contributed by atoms with Crippen LogP contribution in [0.2, 0.25) is 0 Å². The lowest BCUT2D eigenvalue weighted by Crippen LogP contribution is -2.00. The van der Waals surface area contributed by atoms with Crippen molar-refractivity contribution < 1.29 is 14.6 Å². The molecule has 0 saturated carbocycles. The van der Waals surface area contributed by atoms with Crippen molar-refractivity contribution in [3.63, 3.8) is 0 Å². The zero-order valence-corrected chi connectivity index (χ0v) is 10.1. The lowest BCUT2D eigenvalue weighted by molar-refractivity contribution is 0.408. The fourth-order valence-corrected chi connectivity index (χ4v) is 1.23. The van der Waals surface area contributed by atoms with Gasteiger partial charge in [0.05, 0.1) is 0 Å². The quantitative estimate of drug-likeness (QED) is 0.456. The number of hydrogen-bond donors (Lipinski definition) is 2. The smallest absolute Gasteiger partial charge is 0.456 e. The Bertz CT molecular complexity index is 84.7. The van der Waals surface area contributed by atoms with Gasteiger partial charge in [-0.05, 0) is 0 Å². The molecule has 3 nitrogen and oxygen atoms in total. The van der Waals surface area contributed by atoms with E-state index < -0.39 is 0 Å². The molecule has 0 aromatic carbocycles. The standard InChI is InChI=1S/C10H22.B2H2O3/c1-3-5-7-9-10-8-6-4-2;3-1-5-2-4/h3-10H2,1-2H3;3-4H. The minimum Gasteiger partial charge on any atom is -0.456 e. The number of rotatable bonds is 9. The van der Waals surface area contributed by atoms with Gasteiger partial charge in [0, 0.05) is 0 Å². The van der Waals surface area contributed by atoms with Crippen LogP contribution < -0.4 is 0 Å². The molecular formula is C10H24B2O3. The van der Waals surface area contributed by atoms with E-state index >= 15 is 0 Å². The summed E-state index contributed by atoms with van der Waals surface area (Å²) in [5, 5.41) is 15.1. The molecule has 0 aliphatic heterocycles. The Morgan fingerprint density at radius 2 is 1.07 bits per heavy atom. The maximum Gasteiger partial charge on any atom is 0.469 e. The van der Waals surface area contributed by atoms with E-state index in [1.165, 1.54) is 51.4 Å². The second kappa shape index (κ2) is 19.6. The SMILES string of the molecule is CCCCCCCCCC.O[B]O[B]O. The summed E-state index contributed by atoms with van der Waals surface area (Å²) in [7, 11) is 0.750. The van der Waals surface area contributed by atoms with Crippen LogP contribution in [0.1, 0.15) is 65.2 Å². The summed E-state index contributed by atoms with van der Waals surface area (Å²) < 4.78 is 3.69. The Kier molecular flexibility index (Phi) is 22.7. The average molecular weight is 214 g/mol. The maximum absolute atomic E-state index is 7.53. The predicted octanol–water partition coefficient (Wildman–Crippen LogP) is 2.20.